The molecule has 4 rings (SSSR count). The van der Waals surface area contributed by atoms with Crippen molar-refractivity contribution in [3.63, 3.8) is 0 Å². The van der Waals surface area contributed by atoms with Gasteiger partial charge in [-0.05, 0) is 62.7 Å². The second kappa shape index (κ2) is 7.74. The molecule has 0 atom stereocenters. The standard InChI is InChI=1S/C24H26FNO4/c1-15(2)29-21-6-4-17(12-16(21)3)23(28)26-10-8-24(9-11-26)14-20(27)19-13-18(25)5-7-22(19)30-24/h4-7,12-13,15H,8-11,14H2,1-3H3. The van der Waals surface area contributed by atoms with E-state index in [4.69, 9.17) is 9.47 Å². The van der Waals surface area contributed by atoms with Crippen LogP contribution in [0.1, 0.15) is 59.4 Å². The van der Waals surface area contributed by atoms with Crippen molar-refractivity contribution in [2.75, 3.05) is 13.1 Å². The normalized spacial score (nSPS) is 17.6. The van der Waals surface area contributed by atoms with Crippen molar-refractivity contribution in [3.8, 4) is 11.5 Å². The number of nitrogens with zero attached hydrogens (tertiary/aromatic N) is 1. The lowest BCUT2D eigenvalue weighted by Gasteiger charge is -2.44. The zero-order chi connectivity index (χ0) is 21.5. The van der Waals surface area contributed by atoms with Crippen LogP contribution in [0.15, 0.2) is 36.4 Å². The summed E-state index contributed by atoms with van der Waals surface area (Å²) >= 11 is 0. The van der Waals surface area contributed by atoms with Gasteiger partial charge in [0.05, 0.1) is 18.1 Å². The molecule has 2 heterocycles. The van der Waals surface area contributed by atoms with Crippen LogP contribution in [0.25, 0.3) is 0 Å². The van der Waals surface area contributed by atoms with E-state index < -0.39 is 11.4 Å². The molecule has 6 heteroatoms. The third-order valence-electron chi connectivity index (χ3n) is 5.80. The third-order valence-corrected chi connectivity index (χ3v) is 5.80. The van der Waals surface area contributed by atoms with Gasteiger partial charge >= 0.3 is 0 Å². The van der Waals surface area contributed by atoms with Crippen molar-refractivity contribution < 1.29 is 23.5 Å². The number of Topliss-reactive ketones (excluding diaryl/α,β-unsaturated/α-hetero) is 1. The van der Waals surface area contributed by atoms with Gasteiger partial charge in [-0.15, -0.1) is 0 Å². The fraction of sp³-hybridized carbons (Fsp3) is 0.417. The molecule has 1 fully saturated rings. The lowest BCUT2D eigenvalue weighted by molar-refractivity contribution is -0.00580. The Balaban J connectivity index is 1.45. The van der Waals surface area contributed by atoms with E-state index in [1.54, 1.807) is 11.0 Å². The summed E-state index contributed by atoms with van der Waals surface area (Å²) in [5.74, 6) is 0.634. The number of aryl methyl sites for hydroxylation is 1. The largest absolute Gasteiger partial charge is 0.491 e. The van der Waals surface area contributed by atoms with Crippen LogP contribution >= 0.6 is 0 Å². The van der Waals surface area contributed by atoms with Crippen molar-refractivity contribution in [1.29, 1.82) is 0 Å². The number of carbonyl (C=O) groups is 2. The highest BCUT2D eigenvalue weighted by Gasteiger charge is 2.43. The van der Waals surface area contributed by atoms with Crippen molar-refractivity contribution in [2.45, 2.75) is 51.7 Å². The molecule has 2 aromatic rings. The smallest absolute Gasteiger partial charge is 0.253 e. The van der Waals surface area contributed by atoms with Gasteiger partial charge in [0.25, 0.3) is 5.91 Å². The zero-order valence-electron chi connectivity index (χ0n) is 17.5. The maximum absolute atomic E-state index is 13.5. The average Bonchev–Trinajstić information content (AvgIpc) is 2.70. The van der Waals surface area contributed by atoms with E-state index in [2.05, 4.69) is 0 Å². The van der Waals surface area contributed by atoms with Crippen LogP contribution in [0.3, 0.4) is 0 Å². The first-order valence-corrected chi connectivity index (χ1v) is 10.3. The summed E-state index contributed by atoms with van der Waals surface area (Å²) in [6.07, 6.45) is 1.42. The molecule has 0 radical (unpaired) electrons. The highest BCUT2D eigenvalue weighted by molar-refractivity contribution is 6.00. The number of halogens is 1. The lowest BCUT2D eigenvalue weighted by atomic mass is 9.82. The highest BCUT2D eigenvalue weighted by Crippen LogP contribution is 2.39. The summed E-state index contributed by atoms with van der Waals surface area (Å²) in [5.41, 5.74) is 1.23. The molecule has 0 saturated carbocycles. The summed E-state index contributed by atoms with van der Waals surface area (Å²) < 4.78 is 25.4. The second-order valence-electron chi connectivity index (χ2n) is 8.46. The number of ether oxygens (including phenoxy) is 2. The van der Waals surface area contributed by atoms with Gasteiger partial charge in [0.1, 0.15) is 22.9 Å². The van der Waals surface area contributed by atoms with Gasteiger partial charge in [-0.2, -0.15) is 0 Å². The molecule has 1 saturated heterocycles. The van der Waals surface area contributed by atoms with Gasteiger partial charge in [-0.1, -0.05) is 0 Å². The lowest BCUT2D eigenvalue weighted by Crippen LogP contribution is -2.52. The van der Waals surface area contributed by atoms with Gasteiger partial charge in [-0.3, -0.25) is 9.59 Å². The zero-order valence-corrected chi connectivity index (χ0v) is 17.5. The van der Waals surface area contributed by atoms with Crippen LogP contribution in [0, 0.1) is 12.7 Å². The first-order chi connectivity index (χ1) is 14.3. The Kier molecular flexibility index (Phi) is 5.26. The Labute approximate surface area is 175 Å². The molecule has 2 aliphatic heterocycles. The number of ketones is 1. The minimum Gasteiger partial charge on any atom is -0.491 e. The van der Waals surface area contributed by atoms with Crippen LogP contribution in [-0.4, -0.2) is 41.4 Å². The Morgan fingerprint density at radius 3 is 2.57 bits per heavy atom. The maximum atomic E-state index is 13.5. The summed E-state index contributed by atoms with van der Waals surface area (Å²) in [5, 5.41) is 0. The minimum absolute atomic E-state index is 0.0337. The van der Waals surface area contributed by atoms with Crippen molar-refractivity contribution in [2.24, 2.45) is 0 Å². The first kappa shape index (κ1) is 20.4. The number of carbonyl (C=O) groups excluding carboxylic acids is 2. The Morgan fingerprint density at radius 2 is 1.90 bits per heavy atom. The van der Waals surface area contributed by atoms with Crippen LogP contribution in [0.4, 0.5) is 4.39 Å². The number of amides is 1. The molecule has 1 spiro atoms. The predicted octanol–water partition coefficient (Wildman–Crippen LogP) is 4.56. The monoisotopic (exact) mass is 411 g/mol. The molecule has 0 aromatic heterocycles. The number of hydrogen-bond acceptors (Lipinski definition) is 4. The van der Waals surface area contributed by atoms with E-state index in [0.29, 0.717) is 42.8 Å². The molecule has 0 unspecified atom stereocenters. The SMILES string of the molecule is Cc1cc(C(=O)N2CCC3(CC2)CC(=O)c2cc(F)ccc2O3)ccc1OC(C)C. The quantitative estimate of drug-likeness (QED) is 0.743. The molecule has 1 amide bonds. The molecule has 5 nitrogen and oxygen atoms in total. The van der Waals surface area contributed by atoms with Crippen LogP contribution < -0.4 is 9.47 Å². The Morgan fingerprint density at radius 1 is 1.17 bits per heavy atom. The summed E-state index contributed by atoms with van der Waals surface area (Å²) in [6, 6.07) is 9.55. The molecular formula is C24H26FNO4. The average molecular weight is 411 g/mol. The number of hydrogen-bond donors (Lipinski definition) is 0. The highest BCUT2D eigenvalue weighted by atomic mass is 19.1. The molecule has 30 heavy (non-hydrogen) atoms. The molecule has 0 N–H and O–H groups in total. The minimum atomic E-state index is -0.621. The molecule has 0 aliphatic carbocycles. The first-order valence-electron chi connectivity index (χ1n) is 10.3. The van der Waals surface area contributed by atoms with E-state index >= 15 is 0 Å². The van der Waals surface area contributed by atoms with Gasteiger partial charge in [0, 0.05) is 31.5 Å². The molecule has 0 bridgehead atoms. The van der Waals surface area contributed by atoms with E-state index in [9.17, 15) is 14.0 Å². The molecular weight excluding hydrogens is 385 g/mol. The van der Waals surface area contributed by atoms with Gasteiger partial charge in [-0.25, -0.2) is 4.39 Å². The van der Waals surface area contributed by atoms with Gasteiger partial charge in [0.2, 0.25) is 0 Å². The predicted molar refractivity (Wildman–Crippen MR) is 111 cm³/mol. The van der Waals surface area contributed by atoms with Crippen LogP contribution in [0.5, 0.6) is 11.5 Å². The molecule has 158 valence electrons. The number of likely N-dealkylation sites (tertiary alicyclic amines) is 1. The third kappa shape index (κ3) is 3.91. The summed E-state index contributed by atoms with van der Waals surface area (Å²) in [4.78, 5) is 27.3. The Bertz CT molecular complexity index is 993. The number of rotatable bonds is 3. The fourth-order valence-corrected chi connectivity index (χ4v) is 4.21. The fourth-order valence-electron chi connectivity index (χ4n) is 4.21. The summed E-state index contributed by atoms with van der Waals surface area (Å²) in [7, 11) is 0. The van der Waals surface area contributed by atoms with E-state index in [-0.39, 0.29) is 24.2 Å². The van der Waals surface area contributed by atoms with Crippen molar-refractivity contribution in [3.05, 3.63) is 58.9 Å². The molecule has 2 aliphatic rings. The summed E-state index contributed by atoms with van der Waals surface area (Å²) in [6.45, 7) is 6.88. The number of piperidine rings is 1. The number of fused-ring (bicyclic) bond motifs is 1. The van der Waals surface area contributed by atoms with Crippen molar-refractivity contribution >= 4 is 11.7 Å². The topological polar surface area (TPSA) is 55.8 Å². The maximum Gasteiger partial charge on any atom is 0.253 e. The molecule has 2 aromatic carbocycles. The number of benzene rings is 2. The van der Waals surface area contributed by atoms with Gasteiger partial charge < -0.3 is 14.4 Å². The van der Waals surface area contributed by atoms with Crippen LogP contribution in [0.2, 0.25) is 0 Å². The van der Waals surface area contributed by atoms with E-state index in [0.717, 1.165) is 11.3 Å². The van der Waals surface area contributed by atoms with Gasteiger partial charge in [0.15, 0.2) is 5.78 Å². The van der Waals surface area contributed by atoms with E-state index in [1.807, 2.05) is 32.9 Å². The second-order valence-corrected chi connectivity index (χ2v) is 8.46. The van der Waals surface area contributed by atoms with Crippen LogP contribution in [-0.2, 0) is 0 Å². The van der Waals surface area contributed by atoms with E-state index in [1.165, 1.54) is 18.2 Å². The van der Waals surface area contributed by atoms with Crippen molar-refractivity contribution in [1.82, 2.24) is 4.90 Å². The Hall–Kier alpha value is -2.89.